The molecule has 8 nitrogen and oxygen atoms in total. The molecule has 1 N–H and O–H groups in total. The lowest BCUT2D eigenvalue weighted by atomic mass is 9.94. The van der Waals surface area contributed by atoms with Gasteiger partial charge in [0, 0.05) is 42.7 Å². The molecule has 0 spiro atoms. The van der Waals surface area contributed by atoms with Gasteiger partial charge in [-0.1, -0.05) is 20.8 Å². The summed E-state index contributed by atoms with van der Waals surface area (Å²) in [5.41, 5.74) is 4.04. The summed E-state index contributed by atoms with van der Waals surface area (Å²) in [5, 5.41) is 2.62. The number of hydrogen-bond donors (Lipinski definition) is 1. The van der Waals surface area contributed by atoms with Crippen LogP contribution in [0.1, 0.15) is 42.8 Å². The highest BCUT2D eigenvalue weighted by Crippen LogP contribution is 2.33. The van der Waals surface area contributed by atoms with Gasteiger partial charge in [-0.25, -0.2) is 14.4 Å². The third-order valence-electron chi connectivity index (χ3n) is 6.13. The molecular weight excluding hydrogens is 449 g/mol. The van der Waals surface area contributed by atoms with E-state index in [1.807, 2.05) is 44.5 Å². The van der Waals surface area contributed by atoms with E-state index in [1.54, 1.807) is 12.3 Å². The number of aromatic nitrogens is 3. The van der Waals surface area contributed by atoms with Crippen molar-refractivity contribution in [2.24, 2.45) is 0 Å². The van der Waals surface area contributed by atoms with Gasteiger partial charge in [0.1, 0.15) is 11.6 Å². The molecule has 1 fully saturated rings. The summed E-state index contributed by atoms with van der Waals surface area (Å²) in [6.45, 7) is 10.6. The van der Waals surface area contributed by atoms with E-state index in [9.17, 15) is 9.18 Å². The van der Waals surface area contributed by atoms with Crippen LogP contribution < -0.4 is 10.2 Å². The van der Waals surface area contributed by atoms with Gasteiger partial charge >= 0.3 is 5.91 Å². The predicted molar refractivity (Wildman–Crippen MR) is 132 cm³/mol. The molecule has 0 aliphatic carbocycles. The fourth-order valence-corrected chi connectivity index (χ4v) is 4.18. The number of amides is 1. The number of ether oxygens (including phenoxy) is 1. The Balaban J connectivity index is 1.51. The van der Waals surface area contributed by atoms with Crippen molar-refractivity contribution < 1.29 is 18.3 Å². The molecule has 0 saturated carbocycles. The highest BCUT2D eigenvalue weighted by molar-refractivity contribution is 6.01. The fraction of sp³-hybridized carbons (Fsp3) is 0.346. The molecule has 5 rings (SSSR count). The topological polar surface area (TPSA) is 84.9 Å². The van der Waals surface area contributed by atoms with Crippen LogP contribution in [0.3, 0.4) is 0 Å². The monoisotopic (exact) mass is 477 g/mol. The first-order chi connectivity index (χ1) is 16.7. The first-order valence-electron chi connectivity index (χ1n) is 11.6. The number of carbonyl (C=O) groups excluding carboxylic acids is 1. The Bertz CT molecular complexity index is 1400. The molecule has 4 heterocycles. The van der Waals surface area contributed by atoms with Crippen LogP contribution in [-0.4, -0.2) is 46.6 Å². The molecule has 0 bridgehead atoms. The van der Waals surface area contributed by atoms with Gasteiger partial charge < -0.3 is 23.8 Å². The molecular formula is C26H28FN5O3. The number of rotatable bonds is 4. The highest BCUT2D eigenvalue weighted by Gasteiger charge is 2.23. The largest absolute Gasteiger partial charge is 0.437 e. The summed E-state index contributed by atoms with van der Waals surface area (Å²) < 4.78 is 28.0. The molecule has 1 aromatic carbocycles. The number of fused-ring (bicyclic) bond motifs is 1. The highest BCUT2D eigenvalue weighted by atomic mass is 19.1. The Hall–Kier alpha value is -3.72. The molecule has 3 aromatic heterocycles. The number of nitrogens with zero attached hydrogens (tertiary/aromatic N) is 4. The summed E-state index contributed by atoms with van der Waals surface area (Å²) >= 11 is 0. The predicted octanol–water partition coefficient (Wildman–Crippen LogP) is 4.82. The molecule has 0 atom stereocenters. The van der Waals surface area contributed by atoms with E-state index in [2.05, 4.69) is 26.3 Å². The zero-order valence-corrected chi connectivity index (χ0v) is 20.3. The minimum atomic E-state index is -0.603. The number of oxazole rings is 1. The summed E-state index contributed by atoms with van der Waals surface area (Å²) in [6.07, 6.45) is 7.13. The van der Waals surface area contributed by atoms with Gasteiger partial charge in [0.15, 0.2) is 5.65 Å². The number of carbonyl (C=O) groups is 1. The van der Waals surface area contributed by atoms with Gasteiger partial charge in [0.05, 0.1) is 30.8 Å². The Kier molecular flexibility index (Phi) is 5.80. The molecule has 35 heavy (non-hydrogen) atoms. The number of halogens is 1. The van der Waals surface area contributed by atoms with Crippen LogP contribution in [-0.2, 0) is 10.2 Å². The summed E-state index contributed by atoms with van der Waals surface area (Å²) in [4.78, 5) is 23.6. The summed E-state index contributed by atoms with van der Waals surface area (Å²) in [7, 11) is 0. The second-order valence-electron chi connectivity index (χ2n) is 9.75. The van der Waals surface area contributed by atoms with E-state index in [-0.39, 0.29) is 17.0 Å². The minimum absolute atomic E-state index is 0.0600. The number of anilines is 2. The Morgan fingerprint density at radius 1 is 1.14 bits per heavy atom. The lowest BCUT2D eigenvalue weighted by molar-refractivity contribution is 0.0986. The van der Waals surface area contributed by atoms with Crippen molar-refractivity contribution in [1.29, 1.82) is 0 Å². The molecule has 0 radical (unpaired) electrons. The maximum atomic E-state index is 14.9. The molecule has 9 heteroatoms. The number of imidazole rings is 1. The Morgan fingerprint density at radius 2 is 1.91 bits per heavy atom. The zero-order valence-electron chi connectivity index (χ0n) is 20.3. The maximum absolute atomic E-state index is 14.9. The van der Waals surface area contributed by atoms with Gasteiger partial charge in [-0.05, 0) is 36.2 Å². The second-order valence-corrected chi connectivity index (χ2v) is 9.75. The smallest absolute Gasteiger partial charge is 0.311 e. The van der Waals surface area contributed by atoms with Crippen LogP contribution in [0.4, 0.5) is 15.8 Å². The number of hydrogen-bond acceptors (Lipinski definition) is 6. The van der Waals surface area contributed by atoms with Crippen LogP contribution in [0.25, 0.3) is 16.8 Å². The van der Waals surface area contributed by atoms with Crippen LogP contribution >= 0.6 is 0 Å². The fourth-order valence-electron chi connectivity index (χ4n) is 4.18. The van der Waals surface area contributed by atoms with E-state index < -0.39 is 11.7 Å². The Morgan fingerprint density at radius 3 is 2.63 bits per heavy atom. The number of benzene rings is 1. The molecule has 4 aromatic rings. The number of nitrogens with one attached hydrogen (secondary N) is 1. The lowest BCUT2D eigenvalue weighted by Gasteiger charge is -2.29. The van der Waals surface area contributed by atoms with E-state index in [0.29, 0.717) is 19.0 Å². The Labute approximate surface area is 202 Å². The van der Waals surface area contributed by atoms with Crippen molar-refractivity contribution in [3.8, 4) is 11.1 Å². The van der Waals surface area contributed by atoms with Crippen molar-refractivity contribution >= 4 is 22.9 Å². The van der Waals surface area contributed by atoms with E-state index in [0.717, 1.165) is 41.1 Å². The van der Waals surface area contributed by atoms with Crippen LogP contribution in [0.15, 0.2) is 47.4 Å². The van der Waals surface area contributed by atoms with Crippen molar-refractivity contribution in [2.45, 2.75) is 33.1 Å². The third kappa shape index (κ3) is 4.51. The average molecular weight is 478 g/mol. The molecule has 1 amide bonds. The molecule has 1 aliphatic rings. The maximum Gasteiger partial charge on any atom is 0.311 e. The van der Waals surface area contributed by atoms with Crippen molar-refractivity contribution in [1.82, 2.24) is 14.4 Å². The molecule has 1 aliphatic heterocycles. The normalized spacial score (nSPS) is 14.5. The lowest BCUT2D eigenvalue weighted by Crippen LogP contribution is -2.36. The number of aryl methyl sites for hydroxylation is 1. The third-order valence-corrected chi connectivity index (χ3v) is 6.13. The minimum Gasteiger partial charge on any atom is -0.437 e. The average Bonchev–Trinajstić information content (AvgIpc) is 3.50. The van der Waals surface area contributed by atoms with E-state index in [4.69, 9.17) is 9.15 Å². The van der Waals surface area contributed by atoms with Gasteiger partial charge in [0.2, 0.25) is 0 Å². The van der Waals surface area contributed by atoms with Crippen molar-refractivity contribution in [3.05, 3.63) is 66.0 Å². The van der Waals surface area contributed by atoms with Gasteiger partial charge in [-0.2, -0.15) is 0 Å². The van der Waals surface area contributed by atoms with E-state index in [1.165, 1.54) is 12.3 Å². The first kappa shape index (κ1) is 23.0. The van der Waals surface area contributed by atoms with Crippen LogP contribution in [0, 0.1) is 12.7 Å². The summed E-state index contributed by atoms with van der Waals surface area (Å²) in [6, 6.07) is 5.13. The summed E-state index contributed by atoms with van der Waals surface area (Å²) in [5.74, 6) is -0.657. The van der Waals surface area contributed by atoms with Crippen LogP contribution in [0.2, 0.25) is 0 Å². The van der Waals surface area contributed by atoms with Gasteiger partial charge in [0.25, 0.3) is 5.89 Å². The quantitative estimate of drug-likeness (QED) is 0.454. The van der Waals surface area contributed by atoms with Crippen LogP contribution in [0.5, 0.6) is 0 Å². The van der Waals surface area contributed by atoms with Crippen molar-refractivity contribution in [3.63, 3.8) is 0 Å². The number of morpholine rings is 1. The molecule has 182 valence electrons. The SMILES string of the molecule is Cc1cc(F)c(NC(=O)c2ncc(C(C)(C)C)o2)cc1-c1cc(N2CCOCC2)c2nccn2c1. The molecule has 0 unspecified atom stereocenters. The second kappa shape index (κ2) is 8.81. The first-order valence-corrected chi connectivity index (χ1v) is 11.6. The number of pyridine rings is 1. The zero-order chi connectivity index (χ0) is 24.7. The standard InChI is InChI=1S/C26H28FN5O3/c1-16-11-19(27)20(30-24(33)25-29-14-22(35-25)26(2,3)4)13-18(16)17-12-21(31-7-9-34-10-8-31)23-28-5-6-32(23)15-17/h5-6,11-15H,7-10H2,1-4H3,(H,30,33). The van der Waals surface area contributed by atoms with Gasteiger partial charge in [-0.3, -0.25) is 4.79 Å². The van der Waals surface area contributed by atoms with E-state index >= 15 is 0 Å². The van der Waals surface area contributed by atoms with Crippen molar-refractivity contribution in [2.75, 3.05) is 36.5 Å². The molecule has 1 saturated heterocycles. The van der Waals surface area contributed by atoms with Gasteiger partial charge in [-0.15, -0.1) is 0 Å².